The van der Waals surface area contributed by atoms with E-state index in [0.717, 1.165) is 0 Å². The van der Waals surface area contributed by atoms with Crippen LogP contribution in [0.5, 0.6) is 0 Å². The molecule has 1 heterocycles. The van der Waals surface area contributed by atoms with E-state index in [2.05, 4.69) is 10.3 Å². The van der Waals surface area contributed by atoms with E-state index in [-0.39, 0.29) is 17.4 Å². The van der Waals surface area contributed by atoms with Crippen molar-refractivity contribution in [2.24, 2.45) is 0 Å². The van der Waals surface area contributed by atoms with Crippen molar-refractivity contribution in [3.8, 4) is 10.6 Å². The number of nitrogens with one attached hydrogen (secondary N) is 1. The van der Waals surface area contributed by atoms with Crippen LogP contribution in [0.2, 0.25) is 10.0 Å². The third-order valence-electron chi connectivity index (χ3n) is 3.02. The topological polar surface area (TPSA) is 42.0 Å². The summed E-state index contributed by atoms with van der Waals surface area (Å²) in [7, 11) is 0. The molecule has 0 aliphatic rings. The molecule has 2 aromatic carbocycles. The maximum absolute atomic E-state index is 12.9. The summed E-state index contributed by atoms with van der Waals surface area (Å²) in [6, 6.07) is 10.7. The fraction of sp³-hybridized carbons (Fsp3) is 0. The summed E-state index contributed by atoms with van der Waals surface area (Å²) in [5.74, 6) is -0.744. The molecule has 0 aliphatic heterocycles. The summed E-state index contributed by atoms with van der Waals surface area (Å²) in [6.07, 6.45) is 0. The summed E-state index contributed by atoms with van der Waals surface area (Å²) in [5.41, 5.74) is 1.42. The lowest BCUT2D eigenvalue weighted by molar-refractivity contribution is 0.102. The first-order valence-electron chi connectivity index (χ1n) is 6.51. The van der Waals surface area contributed by atoms with Gasteiger partial charge in [-0.15, -0.1) is 11.3 Å². The van der Waals surface area contributed by atoms with Crippen LogP contribution in [0, 0.1) is 5.82 Å². The van der Waals surface area contributed by atoms with Crippen LogP contribution >= 0.6 is 34.5 Å². The summed E-state index contributed by atoms with van der Waals surface area (Å²) >= 11 is 13.4. The van der Waals surface area contributed by atoms with Gasteiger partial charge in [0.1, 0.15) is 16.5 Å². The summed E-state index contributed by atoms with van der Waals surface area (Å²) in [4.78, 5) is 16.5. The first-order valence-corrected chi connectivity index (χ1v) is 8.15. The highest BCUT2D eigenvalue weighted by Gasteiger charge is 2.15. The van der Waals surface area contributed by atoms with E-state index >= 15 is 0 Å². The van der Waals surface area contributed by atoms with Gasteiger partial charge in [0.15, 0.2) is 0 Å². The van der Waals surface area contributed by atoms with Crippen LogP contribution < -0.4 is 5.32 Å². The second kappa shape index (κ2) is 6.66. The van der Waals surface area contributed by atoms with Crippen molar-refractivity contribution in [1.82, 2.24) is 4.98 Å². The van der Waals surface area contributed by atoms with Crippen molar-refractivity contribution in [3.63, 3.8) is 0 Å². The Kier molecular flexibility index (Phi) is 4.61. The smallest absolute Gasteiger partial charge is 0.275 e. The van der Waals surface area contributed by atoms with Gasteiger partial charge in [0.2, 0.25) is 0 Å². The highest BCUT2D eigenvalue weighted by Crippen LogP contribution is 2.35. The van der Waals surface area contributed by atoms with E-state index < -0.39 is 0 Å². The quantitative estimate of drug-likeness (QED) is 0.663. The Labute approximate surface area is 145 Å². The third kappa shape index (κ3) is 3.52. The van der Waals surface area contributed by atoms with Gasteiger partial charge in [-0.1, -0.05) is 35.3 Å². The van der Waals surface area contributed by atoms with Crippen LogP contribution in [0.4, 0.5) is 10.1 Å². The maximum Gasteiger partial charge on any atom is 0.275 e. The van der Waals surface area contributed by atoms with Crippen LogP contribution in [0.15, 0.2) is 47.8 Å². The normalized spacial score (nSPS) is 10.6. The van der Waals surface area contributed by atoms with Crippen molar-refractivity contribution in [3.05, 3.63) is 69.4 Å². The highest BCUT2D eigenvalue weighted by molar-refractivity contribution is 7.13. The van der Waals surface area contributed by atoms with Gasteiger partial charge in [0.25, 0.3) is 5.91 Å². The van der Waals surface area contributed by atoms with E-state index in [9.17, 15) is 9.18 Å². The Morgan fingerprint density at radius 2 is 1.87 bits per heavy atom. The number of benzene rings is 2. The lowest BCUT2D eigenvalue weighted by Gasteiger charge is -2.03. The van der Waals surface area contributed by atoms with Crippen LogP contribution in [0.3, 0.4) is 0 Å². The lowest BCUT2D eigenvalue weighted by Crippen LogP contribution is -2.12. The van der Waals surface area contributed by atoms with E-state index in [4.69, 9.17) is 23.2 Å². The van der Waals surface area contributed by atoms with Gasteiger partial charge in [-0.2, -0.15) is 0 Å². The summed E-state index contributed by atoms with van der Waals surface area (Å²) < 4.78 is 12.9. The second-order valence-corrected chi connectivity index (χ2v) is 6.24. The minimum Gasteiger partial charge on any atom is -0.321 e. The number of carbonyl (C=O) groups is 1. The monoisotopic (exact) mass is 366 g/mol. The van der Waals surface area contributed by atoms with E-state index in [1.54, 1.807) is 23.6 Å². The summed E-state index contributed by atoms with van der Waals surface area (Å²) in [6.45, 7) is 0. The lowest BCUT2D eigenvalue weighted by atomic mass is 10.2. The molecule has 0 radical (unpaired) electrons. The van der Waals surface area contributed by atoms with Crippen molar-refractivity contribution in [2.45, 2.75) is 0 Å². The van der Waals surface area contributed by atoms with E-state index in [0.29, 0.717) is 26.3 Å². The van der Waals surface area contributed by atoms with Crippen molar-refractivity contribution in [2.75, 3.05) is 5.32 Å². The van der Waals surface area contributed by atoms with Gasteiger partial charge in [-0.05, 0) is 30.3 Å². The number of thiazole rings is 1. The fourth-order valence-corrected chi connectivity index (χ4v) is 3.18. The number of amides is 1. The predicted molar refractivity (Wildman–Crippen MR) is 91.9 cm³/mol. The Morgan fingerprint density at radius 1 is 1.13 bits per heavy atom. The summed E-state index contributed by atoms with van der Waals surface area (Å²) in [5, 5.41) is 5.71. The Bertz CT molecular complexity index is 865. The number of anilines is 1. The zero-order valence-electron chi connectivity index (χ0n) is 11.5. The third-order valence-corrected chi connectivity index (χ3v) is 4.72. The van der Waals surface area contributed by atoms with Gasteiger partial charge in [0.05, 0.1) is 10.0 Å². The largest absolute Gasteiger partial charge is 0.321 e. The Balaban J connectivity index is 1.82. The number of halogens is 3. The molecule has 0 unspecified atom stereocenters. The zero-order valence-corrected chi connectivity index (χ0v) is 13.8. The average Bonchev–Trinajstić information content (AvgIpc) is 3.02. The molecule has 3 aromatic rings. The molecule has 3 nitrogen and oxygen atoms in total. The number of rotatable bonds is 3. The van der Waals surface area contributed by atoms with Crippen LogP contribution in [0.1, 0.15) is 10.5 Å². The van der Waals surface area contributed by atoms with Gasteiger partial charge in [0, 0.05) is 16.6 Å². The minimum atomic E-state index is -0.378. The van der Waals surface area contributed by atoms with Gasteiger partial charge < -0.3 is 5.32 Å². The molecule has 0 saturated heterocycles. The Hall–Kier alpha value is -1.95. The molecule has 7 heteroatoms. The molecule has 0 fully saturated rings. The van der Waals surface area contributed by atoms with Gasteiger partial charge >= 0.3 is 0 Å². The molecule has 23 heavy (non-hydrogen) atoms. The van der Waals surface area contributed by atoms with E-state index in [1.807, 2.05) is 0 Å². The molecule has 0 atom stereocenters. The number of hydrogen-bond acceptors (Lipinski definition) is 3. The molecule has 1 amide bonds. The standard InChI is InChI=1S/C16H9Cl2FN2OS/c17-12-3-1-2-11(14(12)18)16-21-13(8-23-16)15(22)20-10-6-4-9(19)5-7-10/h1-8H,(H,20,22). The highest BCUT2D eigenvalue weighted by atomic mass is 35.5. The molecule has 0 bridgehead atoms. The molecule has 3 rings (SSSR count). The van der Waals surface area contributed by atoms with Crippen LogP contribution in [0.25, 0.3) is 10.6 Å². The molecular weight excluding hydrogens is 358 g/mol. The molecule has 0 aliphatic carbocycles. The second-order valence-electron chi connectivity index (χ2n) is 4.60. The molecule has 1 aromatic heterocycles. The number of carbonyl (C=O) groups excluding carboxylic acids is 1. The van der Waals surface area contributed by atoms with Crippen molar-refractivity contribution < 1.29 is 9.18 Å². The molecule has 1 N–H and O–H groups in total. The van der Waals surface area contributed by atoms with Crippen LogP contribution in [-0.4, -0.2) is 10.9 Å². The maximum atomic E-state index is 12.9. The first-order chi connectivity index (χ1) is 11.0. The SMILES string of the molecule is O=C(Nc1ccc(F)cc1)c1csc(-c2cccc(Cl)c2Cl)n1. The minimum absolute atomic E-state index is 0.255. The van der Waals surface area contributed by atoms with Gasteiger partial charge in [-0.25, -0.2) is 9.37 Å². The molecule has 0 spiro atoms. The predicted octanol–water partition coefficient (Wildman–Crippen LogP) is 5.51. The molecular formula is C16H9Cl2FN2OS. The zero-order chi connectivity index (χ0) is 16.4. The van der Waals surface area contributed by atoms with Gasteiger partial charge in [-0.3, -0.25) is 4.79 Å². The van der Waals surface area contributed by atoms with Crippen molar-refractivity contribution in [1.29, 1.82) is 0 Å². The fourth-order valence-electron chi connectivity index (χ4n) is 1.90. The average molecular weight is 367 g/mol. The number of nitrogens with zero attached hydrogens (tertiary/aromatic N) is 1. The van der Waals surface area contributed by atoms with E-state index in [1.165, 1.54) is 35.6 Å². The number of aromatic nitrogens is 1. The molecule has 0 saturated carbocycles. The first kappa shape index (κ1) is 15.9. The van der Waals surface area contributed by atoms with Crippen LogP contribution in [-0.2, 0) is 0 Å². The number of hydrogen-bond donors (Lipinski definition) is 1. The Morgan fingerprint density at radius 3 is 2.61 bits per heavy atom. The molecule has 116 valence electrons. The van der Waals surface area contributed by atoms with Crippen molar-refractivity contribution >= 4 is 46.1 Å².